The Morgan fingerprint density at radius 1 is 1.67 bits per heavy atom. The van der Waals surface area contributed by atoms with Gasteiger partial charge >= 0.3 is 0 Å². The minimum Gasteiger partial charge on any atom is -0.392 e. The third kappa shape index (κ3) is 3.91. The van der Waals surface area contributed by atoms with Gasteiger partial charge in [-0.15, -0.1) is 0 Å². The molecule has 0 aliphatic rings. The summed E-state index contributed by atoms with van der Waals surface area (Å²) in [5.41, 5.74) is 0. The summed E-state index contributed by atoms with van der Waals surface area (Å²) in [5, 5.41) is 15.2. The molecular formula is C7H13NO. The lowest BCUT2D eigenvalue weighted by atomic mass is 10.1. The SMILES string of the molecule is CCC(C=N)C=CCO. The van der Waals surface area contributed by atoms with E-state index in [4.69, 9.17) is 10.5 Å². The molecule has 2 heteroatoms. The molecule has 9 heavy (non-hydrogen) atoms. The summed E-state index contributed by atoms with van der Waals surface area (Å²) in [5.74, 6) is 0.206. The zero-order valence-electron chi connectivity index (χ0n) is 5.67. The van der Waals surface area contributed by atoms with Crippen molar-refractivity contribution in [1.82, 2.24) is 0 Å². The standard InChI is InChI=1S/C7H13NO/c1-2-7(6-8)4-3-5-9/h3-4,6-9H,2,5H2,1H3. The monoisotopic (exact) mass is 127 g/mol. The van der Waals surface area contributed by atoms with Gasteiger partial charge in [0, 0.05) is 12.1 Å². The van der Waals surface area contributed by atoms with Crippen molar-refractivity contribution in [3.8, 4) is 0 Å². The van der Waals surface area contributed by atoms with Crippen molar-refractivity contribution in [2.24, 2.45) is 5.92 Å². The lowest BCUT2D eigenvalue weighted by Gasteiger charge is -1.97. The topological polar surface area (TPSA) is 44.1 Å². The highest BCUT2D eigenvalue weighted by atomic mass is 16.2. The number of hydrogen-bond acceptors (Lipinski definition) is 2. The third-order valence-electron chi connectivity index (χ3n) is 1.17. The van der Waals surface area contributed by atoms with E-state index in [0.717, 1.165) is 6.42 Å². The highest BCUT2D eigenvalue weighted by molar-refractivity contribution is 5.59. The summed E-state index contributed by atoms with van der Waals surface area (Å²) in [6.45, 7) is 2.09. The summed E-state index contributed by atoms with van der Waals surface area (Å²) < 4.78 is 0. The number of aliphatic hydroxyl groups excluding tert-OH is 1. The Bertz CT molecular complexity index is 99.1. The van der Waals surface area contributed by atoms with E-state index in [-0.39, 0.29) is 12.5 Å². The number of aliphatic hydroxyl groups is 1. The van der Waals surface area contributed by atoms with Gasteiger partial charge in [-0.1, -0.05) is 19.1 Å². The van der Waals surface area contributed by atoms with Crippen LogP contribution >= 0.6 is 0 Å². The Balaban J connectivity index is 3.54. The predicted molar refractivity (Wildman–Crippen MR) is 38.8 cm³/mol. The molecule has 0 aliphatic carbocycles. The Morgan fingerprint density at radius 3 is 2.67 bits per heavy atom. The summed E-state index contributed by atoms with van der Waals surface area (Å²) in [7, 11) is 0. The van der Waals surface area contributed by atoms with Gasteiger partial charge in [0.25, 0.3) is 0 Å². The van der Waals surface area contributed by atoms with Crippen LogP contribution in [0.3, 0.4) is 0 Å². The quantitative estimate of drug-likeness (QED) is 0.432. The minimum absolute atomic E-state index is 0.0737. The van der Waals surface area contributed by atoms with Crippen molar-refractivity contribution in [2.75, 3.05) is 6.61 Å². The van der Waals surface area contributed by atoms with E-state index in [2.05, 4.69) is 0 Å². The van der Waals surface area contributed by atoms with Crippen LogP contribution in [-0.4, -0.2) is 17.9 Å². The molecular weight excluding hydrogens is 114 g/mol. The fourth-order valence-electron chi connectivity index (χ4n) is 0.545. The van der Waals surface area contributed by atoms with Gasteiger partial charge in [-0.25, -0.2) is 0 Å². The van der Waals surface area contributed by atoms with E-state index in [1.54, 1.807) is 6.08 Å². The summed E-state index contributed by atoms with van der Waals surface area (Å²) >= 11 is 0. The summed E-state index contributed by atoms with van der Waals surface area (Å²) in [6, 6.07) is 0. The largest absolute Gasteiger partial charge is 0.392 e. The van der Waals surface area contributed by atoms with Gasteiger partial charge < -0.3 is 10.5 Å². The maximum atomic E-state index is 8.34. The third-order valence-corrected chi connectivity index (χ3v) is 1.17. The normalized spacial score (nSPS) is 14.0. The van der Waals surface area contributed by atoms with Gasteiger partial charge in [0.05, 0.1) is 6.61 Å². The lowest BCUT2D eigenvalue weighted by molar-refractivity contribution is 0.342. The smallest absolute Gasteiger partial charge is 0.0612 e. The minimum atomic E-state index is 0.0737. The van der Waals surface area contributed by atoms with E-state index >= 15 is 0 Å². The molecule has 0 aromatic carbocycles. The van der Waals surface area contributed by atoms with Gasteiger partial charge in [0.1, 0.15) is 0 Å². The Hall–Kier alpha value is -0.630. The van der Waals surface area contributed by atoms with Crippen LogP contribution in [0.25, 0.3) is 0 Å². The van der Waals surface area contributed by atoms with Gasteiger partial charge in [-0.2, -0.15) is 0 Å². The van der Waals surface area contributed by atoms with Crippen molar-refractivity contribution in [1.29, 1.82) is 5.41 Å². The van der Waals surface area contributed by atoms with Crippen LogP contribution in [0.5, 0.6) is 0 Å². The first-order chi connectivity index (χ1) is 4.35. The molecule has 52 valence electrons. The second-order valence-electron chi connectivity index (χ2n) is 1.85. The van der Waals surface area contributed by atoms with Crippen molar-refractivity contribution in [3.05, 3.63) is 12.2 Å². The molecule has 0 amide bonds. The first-order valence-electron chi connectivity index (χ1n) is 3.13. The highest BCUT2D eigenvalue weighted by Crippen LogP contribution is 1.98. The molecule has 0 bridgehead atoms. The molecule has 2 nitrogen and oxygen atoms in total. The van der Waals surface area contributed by atoms with E-state index in [9.17, 15) is 0 Å². The maximum absolute atomic E-state index is 8.34. The van der Waals surface area contributed by atoms with Crippen molar-refractivity contribution >= 4 is 6.21 Å². The molecule has 0 heterocycles. The molecule has 0 saturated heterocycles. The van der Waals surface area contributed by atoms with Crippen molar-refractivity contribution in [2.45, 2.75) is 13.3 Å². The second kappa shape index (κ2) is 5.51. The van der Waals surface area contributed by atoms with E-state index < -0.39 is 0 Å². The molecule has 0 aromatic rings. The molecule has 0 fully saturated rings. The second-order valence-corrected chi connectivity index (χ2v) is 1.85. The molecule has 0 spiro atoms. The molecule has 0 rings (SSSR count). The van der Waals surface area contributed by atoms with Crippen LogP contribution in [0.2, 0.25) is 0 Å². The molecule has 0 aliphatic heterocycles. The van der Waals surface area contributed by atoms with Crippen LogP contribution in [0.4, 0.5) is 0 Å². The lowest BCUT2D eigenvalue weighted by Crippen LogP contribution is -1.93. The first-order valence-corrected chi connectivity index (χ1v) is 3.13. The average Bonchev–Trinajstić information content (AvgIpc) is 1.91. The van der Waals surface area contributed by atoms with Crippen molar-refractivity contribution in [3.63, 3.8) is 0 Å². The number of allylic oxidation sites excluding steroid dienone is 1. The molecule has 0 radical (unpaired) electrons. The first kappa shape index (κ1) is 8.37. The van der Waals surface area contributed by atoms with Crippen molar-refractivity contribution < 1.29 is 5.11 Å². The fraction of sp³-hybridized carbons (Fsp3) is 0.571. The van der Waals surface area contributed by atoms with Gasteiger partial charge in [-0.05, 0) is 6.42 Å². The molecule has 1 unspecified atom stereocenters. The Kier molecular flexibility index (Phi) is 5.12. The fourth-order valence-corrected chi connectivity index (χ4v) is 0.545. The van der Waals surface area contributed by atoms with Crippen LogP contribution in [-0.2, 0) is 0 Å². The zero-order valence-corrected chi connectivity index (χ0v) is 5.67. The van der Waals surface area contributed by atoms with Gasteiger partial charge in [-0.3, -0.25) is 0 Å². The molecule has 0 aromatic heterocycles. The average molecular weight is 127 g/mol. The van der Waals surface area contributed by atoms with Gasteiger partial charge in [0.2, 0.25) is 0 Å². The molecule has 0 saturated carbocycles. The Morgan fingerprint density at radius 2 is 2.33 bits per heavy atom. The number of nitrogens with one attached hydrogen (secondary N) is 1. The highest BCUT2D eigenvalue weighted by Gasteiger charge is 1.92. The van der Waals surface area contributed by atoms with Crippen LogP contribution in [0.15, 0.2) is 12.2 Å². The van der Waals surface area contributed by atoms with E-state index in [1.165, 1.54) is 6.21 Å². The van der Waals surface area contributed by atoms with Gasteiger partial charge in [0.15, 0.2) is 0 Å². The number of hydrogen-bond donors (Lipinski definition) is 2. The Labute approximate surface area is 55.7 Å². The van der Waals surface area contributed by atoms with E-state index in [1.807, 2.05) is 13.0 Å². The molecule has 2 N–H and O–H groups in total. The predicted octanol–water partition coefficient (Wildman–Crippen LogP) is 1.21. The summed E-state index contributed by atoms with van der Waals surface area (Å²) in [4.78, 5) is 0. The zero-order chi connectivity index (χ0) is 7.11. The maximum Gasteiger partial charge on any atom is 0.0612 e. The van der Waals surface area contributed by atoms with Crippen LogP contribution in [0.1, 0.15) is 13.3 Å². The van der Waals surface area contributed by atoms with E-state index in [0.29, 0.717) is 0 Å². The molecule has 1 atom stereocenters. The van der Waals surface area contributed by atoms with Crippen LogP contribution < -0.4 is 0 Å². The van der Waals surface area contributed by atoms with Crippen LogP contribution in [0, 0.1) is 11.3 Å². The summed E-state index contributed by atoms with van der Waals surface area (Å²) in [6.07, 6.45) is 5.82. The number of rotatable bonds is 4.